The molecular weight excluding hydrogens is 356 g/mol. The van der Waals surface area contributed by atoms with Gasteiger partial charge < -0.3 is 0 Å². The molecular formula is C14H13BrN2O3S. The summed E-state index contributed by atoms with van der Waals surface area (Å²) in [5.41, 5.74) is 1.89. The molecule has 1 aliphatic rings. The predicted octanol–water partition coefficient (Wildman–Crippen LogP) is 2.48. The summed E-state index contributed by atoms with van der Waals surface area (Å²) in [4.78, 5) is 11.2. The maximum atomic E-state index is 11.6. The van der Waals surface area contributed by atoms with Gasteiger partial charge in [0.05, 0.1) is 23.1 Å². The smallest absolute Gasteiger partial charge is 0.153 e. The molecule has 7 heteroatoms. The zero-order chi connectivity index (χ0) is 15.0. The Morgan fingerprint density at radius 3 is 2.57 bits per heavy atom. The highest BCUT2D eigenvalue weighted by molar-refractivity contribution is 9.10. The van der Waals surface area contributed by atoms with Crippen LogP contribution in [0.25, 0.3) is 11.3 Å². The number of rotatable bonds is 3. The van der Waals surface area contributed by atoms with Crippen molar-refractivity contribution in [1.82, 2.24) is 9.78 Å². The van der Waals surface area contributed by atoms with E-state index in [9.17, 15) is 13.2 Å². The summed E-state index contributed by atoms with van der Waals surface area (Å²) >= 11 is 3.36. The molecule has 0 aliphatic carbocycles. The topological polar surface area (TPSA) is 69.0 Å². The molecule has 3 rings (SSSR count). The Morgan fingerprint density at radius 1 is 1.29 bits per heavy atom. The van der Waals surface area contributed by atoms with E-state index < -0.39 is 9.84 Å². The minimum atomic E-state index is -2.98. The fraction of sp³-hybridized carbons (Fsp3) is 0.286. The van der Waals surface area contributed by atoms with E-state index in [4.69, 9.17) is 0 Å². The van der Waals surface area contributed by atoms with E-state index in [0.717, 1.165) is 16.3 Å². The number of hydrogen-bond donors (Lipinski definition) is 0. The molecule has 1 saturated heterocycles. The van der Waals surface area contributed by atoms with Gasteiger partial charge in [0, 0.05) is 16.2 Å². The van der Waals surface area contributed by atoms with Crippen molar-refractivity contribution < 1.29 is 13.2 Å². The zero-order valence-electron chi connectivity index (χ0n) is 11.1. The van der Waals surface area contributed by atoms with Crippen LogP contribution in [0, 0.1) is 0 Å². The Hall–Kier alpha value is -1.47. The molecule has 110 valence electrons. The van der Waals surface area contributed by atoms with Gasteiger partial charge in [-0.1, -0.05) is 28.1 Å². The Kier molecular flexibility index (Phi) is 3.71. The lowest BCUT2D eigenvalue weighted by atomic mass is 10.1. The molecule has 1 aliphatic heterocycles. The van der Waals surface area contributed by atoms with Crippen LogP contribution in [0.15, 0.2) is 34.9 Å². The third-order valence-corrected chi connectivity index (χ3v) is 5.87. The molecule has 0 N–H and O–H groups in total. The Bertz CT molecular complexity index is 781. The van der Waals surface area contributed by atoms with E-state index in [-0.39, 0.29) is 17.5 Å². The normalized spacial score (nSPS) is 20.5. The summed E-state index contributed by atoms with van der Waals surface area (Å²) < 4.78 is 25.7. The van der Waals surface area contributed by atoms with Crippen molar-refractivity contribution in [3.63, 3.8) is 0 Å². The Balaban J connectivity index is 1.99. The molecule has 1 atom stereocenters. The number of aldehydes is 1. The van der Waals surface area contributed by atoms with Crippen molar-refractivity contribution in [2.75, 3.05) is 11.5 Å². The number of aromatic nitrogens is 2. The maximum absolute atomic E-state index is 11.6. The van der Waals surface area contributed by atoms with Crippen LogP contribution in [0.5, 0.6) is 0 Å². The average molecular weight is 369 g/mol. The molecule has 0 radical (unpaired) electrons. The van der Waals surface area contributed by atoms with Gasteiger partial charge in [0.1, 0.15) is 5.69 Å². The molecule has 5 nitrogen and oxygen atoms in total. The first-order valence-corrected chi connectivity index (χ1v) is 9.10. The lowest BCUT2D eigenvalue weighted by Gasteiger charge is -2.07. The van der Waals surface area contributed by atoms with Gasteiger partial charge in [-0.15, -0.1) is 0 Å². The lowest BCUT2D eigenvalue weighted by Crippen LogP contribution is -2.11. The summed E-state index contributed by atoms with van der Waals surface area (Å²) in [6.45, 7) is 0. The van der Waals surface area contributed by atoms with Crippen LogP contribution >= 0.6 is 15.9 Å². The summed E-state index contributed by atoms with van der Waals surface area (Å²) in [6, 6.07) is 7.31. The van der Waals surface area contributed by atoms with Crippen LogP contribution in [0.2, 0.25) is 0 Å². The molecule has 2 aromatic rings. The van der Waals surface area contributed by atoms with E-state index in [1.807, 2.05) is 24.3 Å². The maximum Gasteiger partial charge on any atom is 0.153 e. The highest BCUT2D eigenvalue weighted by atomic mass is 79.9. The second-order valence-corrected chi connectivity index (χ2v) is 8.24. The number of benzene rings is 1. The van der Waals surface area contributed by atoms with Crippen molar-refractivity contribution in [2.45, 2.75) is 12.5 Å². The summed E-state index contributed by atoms with van der Waals surface area (Å²) in [5, 5.41) is 4.43. The molecule has 1 fully saturated rings. The van der Waals surface area contributed by atoms with Gasteiger partial charge in [0.2, 0.25) is 0 Å². The molecule has 21 heavy (non-hydrogen) atoms. The highest BCUT2D eigenvalue weighted by Crippen LogP contribution is 2.28. The van der Waals surface area contributed by atoms with Crippen LogP contribution in [0.4, 0.5) is 0 Å². The van der Waals surface area contributed by atoms with E-state index in [1.54, 1.807) is 10.9 Å². The average Bonchev–Trinajstić information content (AvgIpc) is 3.02. The molecule has 1 aromatic heterocycles. The van der Waals surface area contributed by atoms with Crippen LogP contribution in [-0.2, 0) is 9.84 Å². The second kappa shape index (κ2) is 5.38. The minimum absolute atomic E-state index is 0.0900. The summed E-state index contributed by atoms with van der Waals surface area (Å²) in [6.07, 6.45) is 2.93. The Morgan fingerprint density at radius 2 is 2.00 bits per heavy atom. The highest BCUT2D eigenvalue weighted by Gasteiger charge is 2.30. The summed E-state index contributed by atoms with van der Waals surface area (Å²) in [7, 11) is -2.98. The van der Waals surface area contributed by atoms with Crippen LogP contribution in [0.3, 0.4) is 0 Å². The SMILES string of the molecule is O=Cc1cn(C2CCS(=O)(=O)C2)nc1-c1ccc(Br)cc1. The molecule has 0 spiro atoms. The number of carbonyl (C=O) groups is 1. The molecule has 0 bridgehead atoms. The van der Waals surface area contributed by atoms with Gasteiger partial charge in [-0.2, -0.15) is 5.10 Å². The monoisotopic (exact) mass is 368 g/mol. The van der Waals surface area contributed by atoms with Gasteiger partial charge in [-0.3, -0.25) is 9.48 Å². The lowest BCUT2D eigenvalue weighted by molar-refractivity contribution is 0.112. The standard InChI is InChI=1S/C14H13BrN2O3S/c15-12-3-1-10(2-4-12)14-11(8-18)7-17(16-14)13-5-6-21(19,20)9-13/h1-4,7-8,13H,5-6,9H2. The van der Waals surface area contributed by atoms with Crippen molar-refractivity contribution in [1.29, 1.82) is 0 Å². The van der Waals surface area contributed by atoms with Gasteiger partial charge in [-0.25, -0.2) is 8.42 Å². The van der Waals surface area contributed by atoms with E-state index in [1.165, 1.54) is 0 Å². The predicted molar refractivity (Wildman–Crippen MR) is 83.1 cm³/mol. The summed E-state index contributed by atoms with van der Waals surface area (Å²) in [5.74, 6) is 0.272. The van der Waals surface area contributed by atoms with E-state index in [0.29, 0.717) is 17.7 Å². The largest absolute Gasteiger partial charge is 0.298 e. The van der Waals surface area contributed by atoms with E-state index in [2.05, 4.69) is 21.0 Å². The van der Waals surface area contributed by atoms with Gasteiger partial charge in [0.15, 0.2) is 16.1 Å². The molecule has 0 amide bonds. The van der Waals surface area contributed by atoms with Crippen molar-refractivity contribution in [3.8, 4) is 11.3 Å². The fourth-order valence-electron chi connectivity index (χ4n) is 2.50. The van der Waals surface area contributed by atoms with Crippen LogP contribution in [0.1, 0.15) is 22.8 Å². The van der Waals surface area contributed by atoms with Crippen molar-refractivity contribution in [2.24, 2.45) is 0 Å². The van der Waals surface area contributed by atoms with E-state index >= 15 is 0 Å². The first-order valence-electron chi connectivity index (χ1n) is 6.49. The number of carbonyl (C=O) groups excluding carboxylic acids is 1. The van der Waals surface area contributed by atoms with Crippen molar-refractivity contribution >= 4 is 32.1 Å². The van der Waals surface area contributed by atoms with Crippen LogP contribution in [-0.4, -0.2) is 36.0 Å². The second-order valence-electron chi connectivity index (χ2n) is 5.09. The van der Waals surface area contributed by atoms with Gasteiger partial charge in [0.25, 0.3) is 0 Å². The molecule has 0 saturated carbocycles. The number of sulfone groups is 1. The number of halogens is 1. The zero-order valence-corrected chi connectivity index (χ0v) is 13.5. The third-order valence-electron chi connectivity index (χ3n) is 3.59. The quantitative estimate of drug-likeness (QED) is 0.780. The van der Waals surface area contributed by atoms with Crippen molar-refractivity contribution in [3.05, 3.63) is 40.5 Å². The first kappa shape index (κ1) is 14.5. The molecule has 1 unspecified atom stereocenters. The Labute approximate surface area is 131 Å². The van der Waals surface area contributed by atoms with Gasteiger partial charge in [-0.05, 0) is 18.6 Å². The molecule has 2 heterocycles. The number of nitrogens with zero attached hydrogens (tertiary/aromatic N) is 2. The first-order chi connectivity index (χ1) is 9.98. The van der Waals surface area contributed by atoms with Gasteiger partial charge >= 0.3 is 0 Å². The number of hydrogen-bond acceptors (Lipinski definition) is 4. The van der Waals surface area contributed by atoms with Crippen LogP contribution < -0.4 is 0 Å². The third kappa shape index (κ3) is 2.94. The molecule has 1 aromatic carbocycles. The fourth-order valence-corrected chi connectivity index (χ4v) is 4.46. The minimum Gasteiger partial charge on any atom is -0.298 e.